The molecule has 0 radical (unpaired) electrons. The molecule has 1 aliphatic heterocycles. The van der Waals surface area contributed by atoms with E-state index in [0.29, 0.717) is 25.2 Å². The number of carbonyl (C=O) groups excluding carboxylic acids is 1. The van der Waals surface area contributed by atoms with Gasteiger partial charge in [-0.15, -0.1) is 0 Å². The fourth-order valence-corrected chi connectivity index (χ4v) is 2.88. The summed E-state index contributed by atoms with van der Waals surface area (Å²) in [5, 5.41) is 0. The molecule has 0 fully saturated rings. The van der Waals surface area contributed by atoms with Gasteiger partial charge in [-0.2, -0.15) is 0 Å². The first-order valence-electron chi connectivity index (χ1n) is 8.05. The average Bonchev–Trinajstić information content (AvgIpc) is 2.70. The molecule has 1 unspecified atom stereocenters. The van der Waals surface area contributed by atoms with Crippen LogP contribution in [0.5, 0.6) is 5.75 Å². The summed E-state index contributed by atoms with van der Waals surface area (Å²) in [6, 6.07) is 15.8. The average molecular weight is 310 g/mol. The molecule has 2 aromatic rings. The van der Waals surface area contributed by atoms with E-state index in [-0.39, 0.29) is 5.91 Å². The highest BCUT2D eigenvalue weighted by Crippen LogP contribution is 2.28. The van der Waals surface area contributed by atoms with Crippen molar-refractivity contribution in [1.29, 1.82) is 0 Å². The third-order valence-electron chi connectivity index (χ3n) is 4.19. The highest BCUT2D eigenvalue weighted by molar-refractivity contribution is 5.82. The van der Waals surface area contributed by atoms with Crippen molar-refractivity contribution < 1.29 is 9.53 Å². The number of nitrogens with zero attached hydrogens (tertiary/aromatic N) is 1. The zero-order valence-corrected chi connectivity index (χ0v) is 13.4. The second-order valence-corrected chi connectivity index (χ2v) is 5.88. The van der Waals surface area contributed by atoms with Gasteiger partial charge in [0, 0.05) is 24.3 Å². The summed E-state index contributed by atoms with van der Waals surface area (Å²) in [6.45, 7) is 3.19. The lowest BCUT2D eigenvalue weighted by atomic mass is 10.1. The molecule has 1 heterocycles. The molecule has 0 aromatic heterocycles. The highest BCUT2D eigenvalue weighted by atomic mass is 16.5. The Morgan fingerprint density at radius 3 is 2.74 bits per heavy atom. The Balaban J connectivity index is 1.81. The molecule has 0 bridgehead atoms. The minimum atomic E-state index is -0.421. The Bertz CT molecular complexity index is 685. The second kappa shape index (κ2) is 6.73. The van der Waals surface area contributed by atoms with Crippen LogP contribution in [-0.2, 0) is 17.8 Å². The maximum Gasteiger partial charge on any atom is 0.263 e. The van der Waals surface area contributed by atoms with E-state index in [4.69, 9.17) is 10.5 Å². The lowest BCUT2D eigenvalue weighted by molar-refractivity contribution is -0.138. The lowest BCUT2D eigenvalue weighted by Crippen LogP contribution is -2.40. The monoisotopic (exact) mass is 310 g/mol. The van der Waals surface area contributed by atoms with Gasteiger partial charge in [-0.3, -0.25) is 4.79 Å². The standard InChI is InChI=1S/C19H22N2O2/c1-2-17-19(22)21(11-10-14-6-4-3-5-7-14)13-15-12-16(20)8-9-18(15)23-17/h3-9,12,17H,2,10-11,13,20H2,1H3. The maximum absolute atomic E-state index is 12.7. The van der Waals surface area contributed by atoms with Gasteiger partial charge in [-0.1, -0.05) is 37.3 Å². The van der Waals surface area contributed by atoms with Gasteiger partial charge in [0.25, 0.3) is 5.91 Å². The molecule has 0 aliphatic carbocycles. The molecule has 2 aromatic carbocycles. The summed E-state index contributed by atoms with van der Waals surface area (Å²) < 4.78 is 5.91. The first-order valence-corrected chi connectivity index (χ1v) is 8.05. The molecule has 1 aliphatic rings. The Kier molecular flexibility index (Phi) is 4.51. The Labute approximate surface area is 136 Å². The van der Waals surface area contributed by atoms with Crippen LogP contribution < -0.4 is 10.5 Å². The van der Waals surface area contributed by atoms with Gasteiger partial charge >= 0.3 is 0 Å². The van der Waals surface area contributed by atoms with Gasteiger partial charge in [-0.25, -0.2) is 0 Å². The van der Waals surface area contributed by atoms with Crippen molar-refractivity contribution in [3.05, 3.63) is 59.7 Å². The number of hydrogen-bond donors (Lipinski definition) is 1. The van der Waals surface area contributed by atoms with Gasteiger partial charge in [-0.05, 0) is 36.6 Å². The Morgan fingerprint density at radius 2 is 2.00 bits per heavy atom. The predicted octanol–water partition coefficient (Wildman–Crippen LogP) is 3.01. The topological polar surface area (TPSA) is 55.6 Å². The van der Waals surface area contributed by atoms with Gasteiger partial charge in [0.2, 0.25) is 0 Å². The van der Waals surface area contributed by atoms with Gasteiger partial charge in [0.05, 0.1) is 0 Å². The SMILES string of the molecule is CCC1Oc2ccc(N)cc2CN(CCc2ccccc2)C1=O. The molecule has 0 saturated carbocycles. The zero-order chi connectivity index (χ0) is 16.2. The molecule has 120 valence electrons. The van der Waals surface area contributed by atoms with E-state index < -0.39 is 6.10 Å². The van der Waals surface area contributed by atoms with Crippen LogP contribution in [0.15, 0.2) is 48.5 Å². The zero-order valence-electron chi connectivity index (χ0n) is 13.4. The number of anilines is 1. The number of benzene rings is 2. The van der Waals surface area contributed by atoms with E-state index >= 15 is 0 Å². The van der Waals surface area contributed by atoms with Gasteiger partial charge in [0.15, 0.2) is 6.10 Å². The second-order valence-electron chi connectivity index (χ2n) is 5.88. The molecule has 2 N–H and O–H groups in total. The summed E-state index contributed by atoms with van der Waals surface area (Å²) >= 11 is 0. The van der Waals surface area contributed by atoms with Crippen LogP contribution in [0.25, 0.3) is 0 Å². The van der Waals surface area contributed by atoms with E-state index in [9.17, 15) is 4.79 Å². The van der Waals surface area contributed by atoms with Crippen molar-refractivity contribution in [3.8, 4) is 5.75 Å². The van der Waals surface area contributed by atoms with E-state index in [0.717, 1.165) is 17.7 Å². The van der Waals surface area contributed by atoms with Crippen LogP contribution in [-0.4, -0.2) is 23.5 Å². The van der Waals surface area contributed by atoms with Crippen LogP contribution in [0.1, 0.15) is 24.5 Å². The number of ether oxygens (including phenoxy) is 1. The fraction of sp³-hybridized carbons (Fsp3) is 0.316. The van der Waals surface area contributed by atoms with E-state index in [1.54, 1.807) is 0 Å². The quantitative estimate of drug-likeness (QED) is 0.883. The van der Waals surface area contributed by atoms with Gasteiger partial charge in [0.1, 0.15) is 5.75 Å². The molecule has 4 nitrogen and oxygen atoms in total. The van der Waals surface area contributed by atoms with Crippen molar-refractivity contribution in [2.45, 2.75) is 32.4 Å². The van der Waals surface area contributed by atoms with E-state index in [1.807, 2.05) is 48.2 Å². The normalized spacial score (nSPS) is 17.3. The summed E-state index contributed by atoms with van der Waals surface area (Å²) in [5.41, 5.74) is 8.78. The molecular weight excluding hydrogens is 288 g/mol. The molecule has 1 atom stereocenters. The highest BCUT2D eigenvalue weighted by Gasteiger charge is 2.29. The van der Waals surface area contributed by atoms with Crippen LogP contribution in [0, 0.1) is 0 Å². The van der Waals surface area contributed by atoms with Crippen LogP contribution in [0.2, 0.25) is 0 Å². The summed E-state index contributed by atoms with van der Waals surface area (Å²) in [5.74, 6) is 0.819. The fourth-order valence-electron chi connectivity index (χ4n) is 2.88. The minimum absolute atomic E-state index is 0.0539. The van der Waals surface area contributed by atoms with E-state index in [2.05, 4.69) is 12.1 Å². The lowest BCUT2D eigenvalue weighted by Gasteiger charge is -2.23. The molecule has 4 heteroatoms. The maximum atomic E-state index is 12.7. The van der Waals surface area contributed by atoms with Crippen molar-refractivity contribution in [1.82, 2.24) is 4.90 Å². The third-order valence-corrected chi connectivity index (χ3v) is 4.19. The Morgan fingerprint density at radius 1 is 1.22 bits per heavy atom. The van der Waals surface area contributed by atoms with Gasteiger partial charge < -0.3 is 15.4 Å². The smallest absolute Gasteiger partial charge is 0.263 e. The molecule has 0 spiro atoms. The first-order chi connectivity index (χ1) is 11.2. The van der Waals surface area contributed by atoms with Crippen LogP contribution in [0.3, 0.4) is 0 Å². The number of hydrogen-bond acceptors (Lipinski definition) is 3. The molecule has 0 saturated heterocycles. The number of nitrogen functional groups attached to an aromatic ring is 1. The number of amides is 1. The number of rotatable bonds is 4. The van der Waals surface area contributed by atoms with Crippen LogP contribution in [0.4, 0.5) is 5.69 Å². The largest absolute Gasteiger partial charge is 0.480 e. The first kappa shape index (κ1) is 15.4. The Hall–Kier alpha value is -2.49. The molecular formula is C19H22N2O2. The van der Waals surface area contributed by atoms with Crippen LogP contribution >= 0.6 is 0 Å². The number of fused-ring (bicyclic) bond motifs is 1. The summed E-state index contributed by atoms with van der Waals surface area (Å²) in [4.78, 5) is 14.6. The molecule has 3 rings (SSSR count). The van der Waals surface area contributed by atoms with Crippen molar-refractivity contribution in [2.75, 3.05) is 12.3 Å². The predicted molar refractivity (Wildman–Crippen MR) is 91.1 cm³/mol. The summed E-state index contributed by atoms with van der Waals surface area (Å²) in [6.07, 6.45) is 1.07. The number of carbonyl (C=O) groups is 1. The summed E-state index contributed by atoms with van der Waals surface area (Å²) in [7, 11) is 0. The third kappa shape index (κ3) is 3.47. The molecule has 23 heavy (non-hydrogen) atoms. The van der Waals surface area contributed by atoms with Crippen molar-refractivity contribution >= 4 is 11.6 Å². The minimum Gasteiger partial charge on any atom is -0.480 e. The van der Waals surface area contributed by atoms with Crippen molar-refractivity contribution in [3.63, 3.8) is 0 Å². The van der Waals surface area contributed by atoms with Crippen molar-refractivity contribution in [2.24, 2.45) is 0 Å². The number of nitrogens with two attached hydrogens (primary N) is 1. The molecule has 1 amide bonds. The van der Waals surface area contributed by atoms with E-state index in [1.165, 1.54) is 5.56 Å².